The standard InChI is InChI=1S/C15H24N2O3S/c1-11-6-7-12(2)14(13(11)16)21(19,20)17-15(10-18)8-4-3-5-9-15/h6-7,17-18H,3-5,8-10,16H2,1-2H3. The predicted molar refractivity (Wildman–Crippen MR) is 83.6 cm³/mol. The summed E-state index contributed by atoms with van der Waals surface area (Å²) in [6.07, 6.45) is 4.24. The highest BCUT2D eigenvalue weighted by Crippen LogP contribution is 2.32. The fourth-order valence-corrected chi connectivity index (χ4v) is 4.90. The van der Waals surface area contributed by atoms with Gasteiger partial charge in [0.2, 0.25) is 10.0 Å². The first-order chi connectivity index (χ1) is 9.81. The Balaban J connectivity index is 2.41. The summed E-state index contributed by atoms with van der Waals surface area (Å²) < 4.78 is 28.2. The highest BCUT2D eigenvalue weighted by Gasteiger charge is 2.37. The van der Waals surface area contributed by atoms with E-state index in [0.29, 0.717) is 18.4 Å². The third kappa shape index (κ3) is 3.22. The van der Waals surface area contributed by atoms with Gasteiger partial charge >= 0.3 is 0 Å². The second-order valence-corrected chi connectivity index (χ2v) is 7.67. The smallest absolute Gasteiger partial charge is 0.243 e. The maximum Gasteiger partial charge on any atom is 0.243 e. The molecule has 1 aliphatic carbocycles. The van der Waals surface area contributed by atoms with Crippen molar-refractivity contribution in [2.75, 3.05) is 12.3 Å². The zero-order valence-corrected chi connectivity index (χ0v) is 13.5. The molecule has 118 valence electrons. The van der Waals surface area contributed by atoms with Crippen LogP contribution in [-0.2, 0) is 10.0 Å². The Labute approximate surface area is 126 Å². The minimum absolute atomic E-state index is 0.140. The monoisotopic (exact) mass is 312 g/mol. The van der Waals surface area contributed by atoms with Crippen LogP contribution in [0.4, 0.5) is 5.69 Å². The van der Waals surface area contributed by atoms with Gasteiger partial charge in [-0.05, 0) is 37.8 Å². The Morgan fingerprint density at radius 3 is 2.33 bits per heavy atom. The van der Waals surface area contributed by atoms with E-state index in [2.05, 4.69) is 4.72 Å². The van der Waals surface area contributed by atoms with E-state index in [4.69, 9.17) is 5.73 Å². The first kappa shape index (κ1) is 16.3. The van der Waals surface area contributed by atoms with Crippen LogP contribution < -0.4 is 10.5 Å². The molecule has 0 saturated heterocycles. The van der Waals surface area contributed by atoms with E-state index < -0.39 is 15.6 Å². The number of aliphatic hydroxyl groups excluding tert-OH is 1. The van der Waals surface area contributed by atoms with Crippen LogP contribution >= 0.6 is 0 Å². The first-order valence-electron chi connectivity index (χ1n) is 7.32. The number of hydrogen-bond acceptors (Lipinski definition) is 4. The molecule has 6 heteroatoms. The van der Waals surface area contributed by atoms with E-state index in [1.807, 2.05) is 6.07 Å². The third-order valence-corrected chi connectivity index (χ3v) is 6.12. The molecule has 0 aromatic heterocycles. The molecule has 0 unspecified atom stereocenters. The summed E-state index contributed by atoms with van der Waals surface area (Å²) in [5.74, 6) is 0. The molecule has 4 N–H and O–H groups in total. The number of aryl methyl sites for hydroxylation is 2. The molecule has 0 amide bonds. The molecule has 5 nitrogen and oxygen atoms in total. The molecule has 1 aromatic carbocycles. The van der Waals surface area contributed by atoms with Crippen LogP contribution in [0.15, 0.2) is 17.0 Å². The zero-order valence-electron chi connectivity index (χ0n) is 12.6. The fourth-order valence-electron chi connectivity index (χ4n) is 3.02. The summed E-state index contributed by atoms with van der Waals surface area (Å²) in [6.45, 7) is 3.34. The van der Waals surface area contributed by atoms with Crippen molar-refractivity contribution in [3.05, 3.63) is 23.3 Å². The van der Waals surface area contributed by atoms with E-state index in [1.54, 1.807) is 19.9 Å². The van der Waals surface area contributed by atoms with E-state index in [-0.39, 0.29) is 17.2 Å². The molecular weight excluding hydrogens is 288 g/mol. The molecule has 21 heavy (non-hydrogen) atoms. The molecule has 1 aromatic rings. The summed E-state index contributed by atoms with van der Waals surface area (Å²) in [6, 6.07) is 3.57. The molecule has 0 aliphatic heterocycles. The van der Waals surface area contributed by atoms with E-state index >= 15 is 0 Å². The molecule has 1 aliphatic rings. The van der Waals surface area contributed by atoms with Crippen LogP contribution in [0.3, 0.4) is 0 Å². The highest BCUT2D eigenvalue weighted by atomic mass is 32.2. The Morgan fingerprint density at radius 2 is 1.76 bits per heavy atom. The first-order valence-corrected chi connectivity index (χ1v) is 8.80. The van der Waals surface area contributed by atoms with Gasteiger partial charge in [0.25, 0.3) is 0 Å². The minimum atomic E-state index is -3.75. The normalized spacial score (nSPS) is 18.6. The topological polar surface area (TPSA) is 92.4 Å². The number of hydrogen-bond donors (Lipinski definition) is 3. The number of rotatable bonds is 4. The van der Waals surface area contributed by atoms with Gasteiger partial charge in [-0.25, -0.2) is 13.1 Å². The summed E-state index contributed by atoms with van der Waals surface area (Å²) in [5.41, 5.74) is 6.87. The van der Waals surface area contributed by atoms with Gasteiger partial charge in [-0.15, -0.1) is 0 Å². The Kier molecular flexibility index (Phi) is 4.60. The minimum Gasteiger partial charge on any atom is -0.397 e. The molecule has 0 heterocycles. The van der Waals surface area contributed by atoms with E-state index in [1.165, 1.54) is 0 Å². The van der Waals surface area contributed by atoms with Crippen molar-refractivity contribution < 1.29 is 13.5 Å². The van der Waals surface area contributed by atoms with Crippen molar-refractivity contribution in [1.82, 2.24) is 4.72 Å². The van der Waals surface area contributed by atoms with Gasteiger partial charge < -0.3 is 10.8 Å². The lowest BCUT2D eigenvalue weighted by Gasteiger charge is -2.36. The maximum absolute atomic E-state index is 12.8. The summed E-state index contributed by atoms with van der Waals surface area (Å²) in [4.78, 5) is 0.140. The average molecular weight is 312 g/mol. The van der Waals surface area contributed by atoms with Gasteiger partial charge in [0.15, 0.2) is 0 Å². The lowest BCUT2D eigenvalue weighted by Crippen LogP contribution is -2.52. The van der Waals surface area contributed by atoms with Crippen molar-refractivity contribution in [2.24, 2.45) is 0 Å². The number of benzene rings is 1. The number of anilines is 1. The van der Waals surface area contributed by atoms with Crippen LogP contribution in [0.5, 0.6) is 0 Å². The van der Waals surface area contributed by atoms with Crippen molar-refractivity contribution in [1.29, 1.82) is 0 Å². The van der Waals surface area contributed by atoms with Crippen LogP contribution in [0.1, 0.15) is 43.2 Å². The van der Waals surface area contributed by atoms with Gasteiger partial charge in [0.1, 0.15) is 4.90 Å². The SMILES string of the molecule is Cc1ccc(C)c(S(=O)(=O)NC2(CO)CCCCC2)c1N. The number of nitrogens with two attached hydrogens (primary N) is 1. The summed E-state index contributed by atoms with van der Waals surface area (Å²) >= 11 is 0. The van der Waals surface area contributed by atoms with Gasteiger partial charge in [0, 0.05) is 0 Å². The average Bonchev–Trinajstić information content (AvgIpc) is 2.43. The van der Waals surface area contributed by atoms with Gasteiger partial charge in [-0.2, -0.15) is 0 Å². The number of nitrogens with one attached hydrogen (secondary N) is 1. The quantitative estimate of drug-likeness (QED) is 0.740. The molecular formula is C15H24N2O3S. The molecule has 0 bridgehead atoms. The summed E-state index contributed by atoms with van der Waals surface area (Å²) in [5, 5.41) is 9.69. The van der Waals surface area contributed by atoms with Crippen LogP contribution in [-0.4, -0.2) is 25.7 Å². The predicted octanol–water partition coefficient (Wildman–Crippen LogP) is 1.86. The number of aliphatic hydroxyl groups is 1. The largest absolute Gasteiger partial charge is 0.397 e. The Bertz CT molecular complexity index is 620. The van der Waals surface area contributed by atoms with Crippen molar-refractivity contribution >= 4 is 15.7 Å². The lowest BCUT2D eigenvalue weighted by molar-refractivity contribution is 0.142. The highest BCUT2D eigenvalue weighted by molar-refractivity contribution is 7.89. The zero-order chi connectivity index (χ0) is 15.7. The Hall–Kier alpha value is -1.11. The molecule has 0 radical (unpaired) electrons. The third-order valence-electron chi connectivity index (χ3n) is 4.34. The number of nitrogen functional groups attached to an aromatic ring is 1. The molecule has 1 saturated carbocycles. The second-order valence-electron chi connectivity index (χ2n) is 6.05. The Morgan fingerprint density at radius 1 is 1.19 bits per heavy atom. The number of sulfonamides is 1. The van der Waals surface area contributed by atoms with Gasteiger partial charge in [-0.1, -0.05) is 31.4 Å². The van der Waals surface area contributed by atoms with Crippen molar-refractivity contribution in [2.45, 2.75) is 56.4 Å². The second kappa shape index (κ2) is 5.94. The van der Waals surface area contributed by atoms with Gasteiger partial charge in [0.05, 0.1) is 17.8 Å². The van der Waals surface area contributed by atoms with E-state index in [9.17, 15) is 13.5 Å². The van der Waals surface area contributed by atoms with Crippen LogP contribution in [0.2, 0.25) is 0 Å². The van der Waals surface area contributed by atoms with Crippen molar-refractivity contribution in [3.63, 3.8) is 0 Å². The lowest BCUT2D eigenvalue weighted by atomic mass is 9.83. The van der Waals surface area contributed by atoms with E-state index in [0.717, 1.165) is 24.8 Å². The molecule has 2 rings (SSSR count). The van der Waals surface area contributed by atoms with Crippen molar-refractivity contribution in [3.8, 4) is 0 Å². The van der Waals surface area contributed by atoms with Crippen LogP contribution in [0.25, 0.3) is 0 Å². The molecule has 0 spiro atoms. The molecule has 1 fully saturated rings. The fraction of sp³-hybridized carbons (Fsp3) is 0.600. The summed E-state index contributed by atoms with van der Waals surface area (Å²) in [7, 11) is -3.75. The van der Waals surface area contributed by atoms with Gasteiger partial charge in [-0.3, -0.25) is 0 Å². The molecule has 0 atom stereocenters. The van der Waals surface area contributed by atoms with Crippen LogP contribution in [0, 0.1) is 13.8 Å². The maximum atomic E-state index is 12.8.